The normalized spacial score (nSPS) is 32.5. The summed E-state index contributed by atoms with van der Waals surface area (Å²) in [6.07, 6.45) is 6.31. The van der Waals surface area contributed by atoms with Gasteiger partial charge >= 0.3 is 0 Å². The molecule has 0 unspecified atom stereocenters. The largest absolute Gasteiger partial charge is 0.492 e. The number of para-hydroxylation sites is 2. The lowest BCUT2D eigenvalue weighted by Gasteiger charge is -2.38. The first-order chi connectivity index (χ1) is 10.7. The molecule has 2 amide bonds. The summed E-state index contributed by atoms with van der Waals surface area (Å²) in [5, 5.41) is 0. The molecular weight excluding hydrogens is 278 g/mol. The van der Waals surface area contributed by atoms with E-state index in [2.05, 4.69) is 12.2 Å². The molecule has 1 saturated carbocycles. The Balaban J connectivity index is 1.76. The Morgan fingerprint density at radius 1 is 1.05 bits per heavy atom. The fourth-order valence-electron chi connectivity index (χ4n) is 4.23. The Morgan fingerprint density at radius 3 is 2.18 bits per heavy atom. The lowest BCUT2D eigenvalue weighted by atomic mass is 9.63. The van der Waals surface area contributed by atoms with E-state index in [1.165, 1.54) is 4.90 Å². The third-order valence-electron chi connectivity index (χ3n) is 5.17. The topological polar surface area (TPSA) is 46.6 Å². The number of fused-ring (bicyclic) bond motifs is 1. The summed E-state index contributed by atoms with van der Waals surface area (Å²) >= 11 is 0. The molecule has 4 atom stereocenters. The van der Waals surface area contributed by atoms with E-state index in [9.17, 15) is 9.59 Å². The molecule has 4 heteroatoms. The number of allylic oxidation sites excluding steroid dienone is 2. The van der Waals surface area contributed by atoms with Gasteiger partial charge in [0.25, 0.3) is 0 Å². The van der Waals surface area contributed by atoms with Gasteiger partial charge in [-0.3, -0.25) is 9.59 Å². The number of ether oxygens (including phenoxy) is 1. The van der Waals surface area contributed by atoms with Crippen molar-refractivity contribution in [3.63, 3.8) is 0 Å². The minimum Gasteiger partial charge on any atom is -0.492 e. The zero-order valence-corrected chi connectivity index (χ0v) is 12.6. The Bertz CT molecular complexity index is 634. The van der Waals surface area contributed by atoms with Gasteiger partial charge in [0.15, 0.2) is 0 Å². The van der Waals surface area contributed by atoms with Gasteiger partial charge in [-0.15, -0.1) is 0 Å². The van der Waals surface area contributed by atoms with Crippen LogP contribution in [-0.4, -0.2) is 18.4 Å². The van der Waals surface area contributed by atoms with Gasteiger partial charge in [-0.05, 0) is 43.7 Å². The maximum atomic E-state index is 12.9. The van der Waals surface area contributed by atoms with E-state index in [0.717, 1.165) is 12.8 Å². The number of nitrogens with zero attached hydrogens (tertiary/aromatic N) is 1. The van der Waals surface area contributed by atoms with Crippen molar-refractivity contribution in [2.75, 3.05) is 11.5 Å². The van der Waals surface area contributed by atoms with E-state index >= 15 is 0 Å². The van der Waals surface area contributed by atoms with Crippen molar-refractivity contribution in [3.05, 3.63) is 36.4 Å². The molecule has 5 rings (SSSR count). The predicted molar refractivity (Wildman–Crippen MR) is 82.4 cm³/mol. The fraction of sp³-hybridized carbons (Fsp3) is 0.444. The molecule has 3 aliphatic carbocycles. The van der Waals surface area contributed by atoms with Crippen molar-refractivity contribution in [1.29, 1.82) is 0 Å². The lowest BCUT2D eigenvalue weighted by molar-refractivity contribution is -0.124. The number of carbonyl (C=O) groups excluding carboxylic acids is 2. The van der Waals surface area contributed by atoms with Gasteiger partial charge < -0.3 is 4.74 Å². The van der Waals surface area contributed by atoms with Gasteiger partial charge in [0.2, 0.25) is 11.8 Å². The van der Waals surface area contributed by atoms with Crippen LogP contribution in [0.3, 0.4) is 0 Å². The molecule has 0 N–H and O–H groups in total. The number of benzene rings is 1. The van der Waals surface area contributed by atoms with Crippen LogP contribution in [0.15, 0.2) is 36.4 Å². The van der Waals surface area contributed by atoms with E-state index in [4.69, 9.17) is 4.74 Å². The fourth-order valence-corrected chi connectivity index (χ4v) is 4.23. The van der Waals surface area contributed by atoms with Gasteiger partial charge in [0.05, 0.1) is 24.1 Å². The van der Waals surface area contributed by atoms with Crippen LogP contribution >= 0.6 is 0 Å². The second-order valence-corrected chi connectivity index (χ2v) is 6.25. The van der Waals surface area contributed by atoms with Gasteiger partial charge in [-0.25, -0.2) is 4.90 Å². The summed E-state index contributed by atoms with van der Waals surface area (Å²) < 4.78 is 5.61. The van der Waals surface area contributed by atoms with Gasteiger partial charge in [0.1, 0.15) is 5.75 Å². The second-order valence-electron chi connectivity index (χ2n) is 6.25. The molecule has 4 aliphatic rings. The Morgan fingerprint density at radius 2 is 1.64 bits per heavy atom. The first-order valence-electron chi connectivity index (χ1n) is 8.00. The SMILES string of the molecule is CCOc1ccccc1N1C(=O)[C@@H]2[C@@H](C1=O)[C@H]1C=C[C@@H]2CC1. The average molecular weight is 297 g/mol. The first-order valence-corrected chi connectivity index (χ1v) is 8.00. The van der Waals surface area contributed by atoms with Crippen LogP contribution in [0.5, 0.6) is 5.75 Å². The molecule has 0 spiro atoms. The summed E-state index contributed by atoms with van der Waals surface area (Å²) in [5.41, 5.74) is 0.591. The zero-order chi connectivity index (χ0) is 15.3. The molecule has 4 nitrogen and oxygen atoms in total. The maximum Gasteiger partial charge on any atom is 0.238 e. The summed E-state index contributed by atoms with van der Waals surface area (Å²) in [4.78, 5) is 27.2. The maximum absolute atomic E-state index is 12.9. The molecule has 0 radical (unpaired) electrons. The highest BCUT2D eigenvalue weighted by Gasteiger charge is 2.57. The van der Waals surface area contributed by atoms with E-state index in [1.54, 1.807) is 6.07 Å². The highest BCUT2D eigenvalue weighted by Crippen LogP contribution is 2.51. The van der Waals surface area contributed by atoms with Crippen LogP contribution in [0, 0.1) is 23.7 Å². The van der Waals surface area contributed by atoms with Crippen molar-refractivity contribution in [3.8, 4) is 5.75 Å². The Labute approximate surface area is 129 Å². The van der Waals surface area contributed by atoms with Crippen LogP contribution < -0.4 is 9.64 Å². The van der Waals surface area contributed by atoms with E-state index in [0.29, 0.717) is 18.0 Å². The summed E-state index contributed by atoms with van der Waals surface area (Å²) in [6.45, 7) is 2.40. The third kappa shape index (κ3) is 1.76. The molecule has 1 aliphatic heterocycles. The number of hydrogen-bond acceptors (Lipinski definition) is 3. The van der Waals surface area contributed by atoms with Crippen LogP contribution in [0.4, 0.5) is 5.69 Å². The van der Waals surface area contributed by atoms with Gasteiger partial charge in [0, 0.05) is 0 Å². The van der Waals surface area contributed by atoms with Crippen LogP contribution in [0.1, 0.15) is 19.8 Å². The quantitative estimate of drug-likeness (QED) is 0.636. The minimum atomic E-state index is -0.175. The van der Waals surface area contributed by atoms with Crippen molar-refractivity contribution in [1.82, 2.24) is 0 Å². The average Bonchev–Trinajstić information content (AvgIpc) is 2.83. The smallest absolute Gasteiger partial charge is 0.238 e. The number of hydrogen-bond donors (Lipinski definition) is 0. The molecule has 1 heterocycles. The Hall–Kier alpha value is -2.10. The highest BCUT2D eigenvalue weighted by atomic mass is 16.5. The number of amides is 2. The molecule has 114 valence electrons. The van der Waals surface area contributed by atoms with Crippen molar-refractivity contribution >= 4 is 17.5 Å². The molecule has 1 saturated heterocycles. The molecule has 22 heavy (non-hydrogen) atoms. The molecule has 0 aromatic heterocycles. The van der Waals surface area contributed by atoms with Gasteiger partial charge in [-0.1, -0.05) is 24.3 Å². The summed E-state index contributed by atoms with van der Waals surface area (Å²) in [7, 11) is 0. The second kappa shape index (κ2) is 4.97. The first kappa shape index (κ1) is 13.6. The molecule has 2 fully saturated rings. The van der Waals surface area contributed by atoms with Crippen LogP contribution in [-0.2, 0) is 9.59 Å². The van der Waals surface area contributed by atoms with E-state index in [-0.39, 0.29) is 35.5 Å². The zero-order valence-electron chi connectivity index (χ0n) is 12.6. The number of anilines is 1. The number of carbonyl (C=O) groups is 2. The molecule has 1 aromatic rings. The standard InChI is InChI=1S/C18H19NO3/c1-2-22-14-6-4-3-5-13(14)19-17(20)15-11-7-8-12(10-9-11)16(15)18(19)21/h3-8,11-12,15-16H,2,9-10H2,1H3/t11-,12+,15-,16-/m0/s1. The third-order valence-corrected chi connectivity index (χ3v) is 5.17. The molecular formula is C18H19NO3. The van der Waals surface area contributed by atoms with Crippen molar-refractivity contribution in [2.45, 2.75) is 19.8 Å². The Kier molecular flexibility index (Phi) is 3.06. The number of rotatable bonds is 3. The lowest BCUT2D eigenvalue weighted by Crippen LogP contribution is -2.38. The predicted octanol–water partition coefficient (Wildman–Crippen LogP) is 2.79. The monoisotopic (exact) mass is 297 g/mol. The highest BCUT2D eigenvalue weighted by molar-refractivity contribution is 6.23. The minimum absolute atomic E-state index is 0.0544. The van der Waals surface area contributed by atoms with Crippen molar-refractivity contribution < 1.29 is 14.3 Å². The van der Waals surface area contributed by atoms with Gasteiger partial charge in [-0.2, -0.15) is 0 Å². The number of imide groups is 1. The van der Waals surface area contributed by atoms with E-state index < -0.39 is 0 Å². The van der Waals surface area contributed by atoms with Crippen molar-refractivity contribution in [2.24, 2.45) is 23.7 Å². The van der Waals surface area contributed by atoms with E-state index in [1.807, 2.05) is 25.1 Å². The summed E-state index contributed by atoms with van der Waals surface area (Å²) in [6, 6.07) is 7.31. The summed E-state index contributed by atoms with van der Waals surface area (Å²) in [5.74, 6) is 0.580. The molecule has 1 aromatic carbocycles. The van der Waals surface area contributed by atoms with Crippen LogP contribution in [0.25, 0.3) is 0 Å². The van der Waals surface area contributed by atoms with Crippen LogP contribution in [0.2, 0.25) is 0 Å². The molecule has 2 bridgehead atoms.